The molecular formula is C21H32N4O8. The van der Waals surface area contributed by atoms with Crippen molar-refractivity contribution in [1.29, 1.82) is 0 Å². The number of hydrogen-bond donors (Lipinski definition) is 8. The minimum Gasteiger partial charge on any atom is -0.508 e. The van der Waals surface area contributed by atoms with Gasteiger partial charge in [-0.2, -0.15) is 0 Å². The predicted molar refractivity (Wildman–Crippen MR) is 117 cm³/mol. The number of aromatic hydroxyl groups is 1. The first-order chi connectivity index (χ1) is 15.5. The van der Waals surface area contributed by atoms with Gasteiger partial charge >= 0.3 is 5.97 Å². The predicted octanol–water partition coefficient (Wildman–Crippen LogP) is -2.17. The van der Waals surface area contributed by atoms with Gasteiger partial charge in [0.1, 0.15) is 29.9 Å². The third kappa shape index (κ3) is 8.67. The van der Waals surface area contributed by atoms with Crippen LogP contribution in [0.4, 0.5) is 0 Å². The lowest BCUT2D eigenvalue weighted by molar-refractivity contribution is -0.143. The number of aliphatic hydroxyl groups is 2. The van der Waals surface area contributed by atoms with Gasteiger partial charge in [0.15, 0.2) is 0 Å². The summed E-state index contributed by atoms with van der Waals surface area (Å²) in [4.78, 5) is 49.1. The quantitative estimate of drug-likeness (QED) is 0.158. The molecule has 1 aromatic carbocycles. The molecule has 5 unspecified atom stereocenters. The van der Waals surface area contributed by atoms with Crippen molar-refractivity contribution >= 4 is 23.7 Å². The summed E-state index contributed by atoms with van der Waals surface area (Å²) in [5, 5.41) is 44.0. The highest BCUT2D eigenvalue weighted by Gasteiger charge is 2.32. The Labute approximate surface area is 191 Å². The Morgan fingerprint density at radius 3 is 1.97 bits per heavy atom. The number of amides is 3. The van der Waals surface area contributed by atoms with Crippen molar-refractivity contribution in [3.63, 3.8) is 0 Å². The van der Waals surface area contributed by atoms with Crippen LogP contribution in [0.25, 0.3) is 0 Å². The average molecular weight is 469 g/mol. The first kappa shape index (κ1) is 27.8. The molecule has 0 aromatic heterocycles. The SMILES string of the molecule is CCC(C)C(NC(=O)C(Cc1ccc(O)cc1)NC(=O)C(N)CO)C(=O)NC(CO)C(=O)O. The van der Waals surface area contributed by atoms with Crippen molar-refractivity contribution in [3.05, 3.63) is 29.8 Å². The van der Waals surface area contributed by atoms with Crippen molar-refractivity contribution in [1.82, 2.24) is 16.0 Å². The molecule has 0 radical (unpaired) electrons. The third-order valence-electron chi connectivity index (χ3n) is 5.13. The molecule has 0 saturated carbocycles. The summed E-state index contributed by atoms with van der Waals surface area (Å²) in [5.74, 6) is -4.16. The summed E-state index contributed by atoms with van der Waals surface area (Å²) in [7, 11) is 0. The maximum atomic E-state index is 13.1. The second-order valence-electron chi connectivity index (χ2n) is 7.67. The van der Waals surface area contributed by atoms with Crippen LogP contribution in [0, 0.1) is 5.92 Å². The van der Waals surface area contributed by atoms with E-state index in [-0.39, 0.29) is 12.2 Å². The minimum atomic E-state index is -1.55. The number of carboxylic acids is 1. The van der Waals surface area contributed by atoms with Crippen LogP contribution >= 0.6 is 0 Å². The van der Waals surface area contributed by atoms with Gasteiger partial charge in [0, 0.05) is 6.42 Å². The van der Waals surface area contributed by atoms with Gasteiger partial charge in [-0.3, -0.25) is 14.4 Å². The van der Waals surface area contributed by atoms with Crippen molar-refractivity contribution < 1.29 is 39.6 Å². The summed E-state index contributed by atoms with van der Waals surface area (Å²) in [6, 6.07) is 0.750. The van der Waals surface area contributed by atoms with Gasteiger partial charge in [0.2, 0.25) is 17.7 Å². The third-order valence-corrected chi connectivity index (χ3v) is 5.13. The zero-order valence-corrected chi connectivity index (χ0v) is 18.5. The molecule has 33 heavy (non-hydrogen) atoms. The fourth-order valence-electron chi connectivity index (χ4n) is 2.84. The maximum absolute atomic E-state index is 13.1. The molecule has 0 heterocycles. The summed E-state index contributed by atoms with van der Waals surface area (Å²) in [5.41, 5.74) is 6.11. The smallest absolute Gasteiger partial charge is 0.328 e. The number of aliphatic carboxylic acids is 1. The van der Waals surface area contributed by atoms with Gasteiger partial charge in [-0.1, -0.05) is 32.4 Å². The molecule has 0 bridgehead atoms. The van der Waals surface area contributed by atoms with Crippen molar-refractivity contribution in [3.8, 4) is 5.75 Å². The molecule has 0 saturated heterocycles. The van der Waals surface area contributed by atoms with Crippen LogP contribution < -0.4 is 21.7 Å². The van der Waals surface area contributed by atoms with Crippen molar-refractivity contribution in [2.45, 2.75) is 50.9 Å². The van der Waals surface area contributed by atoms with Crippen LogP contribution in [0.5, 0.6) is 5.75 Å². The van der Waals surface area contributed by atoms with E-state index in [4.69, 9.17) is 15.9 Å². The van der Waals surface area contributed by atoms with E-state index >= 15 is 0 Å². The Kier molecular flexibility index (Phi) is 11.3. The van der Waals surface area contributed by atoms with Crippen LogP contribution in [0.15, 0.2) is 24.3 Å². The molecule has 0 spiro atoms. The first-order valence-electron chi connectivity index (χ1n) is 10.4. The van der Waals surface area contributed by atoms with Gasteiger partial charge in [-0.25, -0.2) is 4.79 Å². The lowest BCUT2D eigenvalue weighted by atomic mass is 9.96. The number of benzene rings is 1. The Morgan fingerprint density at radius 1 is 0.909 bits per heavy atom. The molecular weight excluding hydrogens is 436 g/mol. The van der Waals surface area contributed by atoms with E-state index in [1.165, 1.54) is 12.1 Å². The summed E-state index contributed by atoms with van der Waals surface area (Å²) >= 11 is 0. The number of carboxylic acid groups (broad SMARTS) is 1. The van der Waals surface area contributed by atoms with E-state index in [1.54, 1.807) is 26.0 Å². The van der Waals surface area contributed by atoms with E-state index < -0.39 is 67.0 Å². The van der Waals surface area contributed by atoms with E-state index in [0.717, 1.165) is 0 Å². The molecule has 1 aromatic rings. The Morgan fingerprint density at radius 2 is 1.48 bits per heavy atom. The number of phenols is 1. The number of phenolic OH excluding ortho intramolecular Hbond substituents is 1. The molecule has 184 valence electrons. The number of nitrogens with two attached hydrogens (primary N) is 1. The molecule has 5 atom stereocenters. The minimum absolute atomic E-state index is 0.0106. The fourth-order valence-corrected chi connectivity index (χ4v) is 2.84. The topological polar surface area (TPSA) is 211 Å². The van der Waals surface area contributed by atoms with Crippen LogP contribution in [-0.2, 0) is 25.6 Å². The highest BCUT2D eigenvalue weighted by atomic mass is 16.4. The Hall–Kier alpha value is -3.22. The average Bonchev–Trinajstić information content (AvgIpc) is 2.79. The van der Waals surface area contributed by atoms with Crippen LogP contribution in [0.1, 0.15) is 25.8 Å². The first-order valence-corrected chi connectivity index (χ1v) is 10.4. The lowest BCUT2D eigenvalue weighted by Gasteiger charge is -2.28. The maximum Gasteiger partial charge on any atom is 0.328 e. The van der Waals surface area contributed by atoms with E-state index in [2.05, 4.69) is 16.0 Å². The molecule has 9 N–H and O–H groups in total. The molecule has 12 heteroatoms. The molecule has 0 aliphatic heterocycles. The highest BCUT2D eigenvalue weighted by molar-refractivity contribution is 5.94. The molecule has 1 rings (SSSR count). The molecule has 0 aliphatic carbocycles. The Balaban J connectivity index is 3.11. The monoisotopic (exact) mass is 468 g/mol. The highest BCUT2D eigenvalue weighted by Crippen LogP contribution is 2.13. The van der Waals surface area contributed by atoms with Gasteiger partial charge in [-0.05, 0) is 23.6 Å². The number of carbonyl (C=O) groups is 4. The number of rotatable bonds is 13. The molecule has 0 fully saturated rings. The van der Waals surface area contributed by atoms with Crippen molar-refractivity contribution in [2.24, 2.45) is 11.7 Å². The summed E-state index contributed by atoms with van der Waals surface area (Å²) < 4.78 is 0. The number of aliphatic hydroxyl groups excluding tert-OH is 2. The standard InChI is InChI=1S/C21H32N4O8/c1-3-11(2)17(20(31)24-16(10-27)21(32)33)25-19(30)15(23-18(29)14(22)9-26)8-12-4-6-13(28)7-5-12/h4-7,11,14-17,26-28H,3,8-10,22H2,1-2H3,(H,23,29)(H,24,31)(H,25,30)(H,32,33). The van der Waals surface area contributed by atoms with E-state index in [9.17, 15) is 29.4 Å². The van der Waals surface area contributed by atoms with Gasteiger partial charge in [-0.15, -0.1) is 0 Å². The van der Waals surface area contributed by atoms with Crippen molar-refractivity contribution in [2.75, 3.05) is 13.2 Å². The second kappa shape index (κ2) is 13.4. The summed E-state index contributed by atoms with van der Waals surface area (Å²) in [6.45, 7) is 1.97. The number of carbonyl (C=O) groups excluding carboxylic acids is 3. The Bertz CT molecular complexity index is 817. The number of nitrogens with one attached hydrogen (secondary N) is 3. The van der Waals surface area contributed by atoms with E-state index in [0.29, 0.717) is 12.0 Å². The van der Waals surface area contributed by atoms with Gasteiger partial charge < -0.3 is 42.1 Å². The van der Waals surface area contributed by atoms with Crippen LogP contribution in [-0.4, -0.2) is 81.5 Å². The number of hydrogen-bond acceptors (Lipinski definition) is 8. The van der Waals surface area contributed by atoms with Gasteiger partial charge in [0.05, 0.1) is 13.2 Å². The lowest BCUT2D eigenvalue weighted by Crippen LogP contribution is -2.59. The second-order valence-corrected chi connectivity index (χ2v) is 7.67. The summed E-state index contributed by atoms with van der Waals surface area (Å²) in [6.07, 6.45) is 0.443. The fraction of sp³-hybridized carbons (Fsp3) is 0.524. The van der Waals surface area contributed by atoms with Crippen LogP contribution in [0.3, 0.4) is 0 Å². The van der Waals surface area contributed by atoms with E-state index in [1.807, 2.05) is 0 Å². The zero-order valence-electron chi connectivity index (χ0n) is 18.5. The molecule has 12 nitrogen and oxygen atoms in total. The zero-order chi connectivity index (χ0) is 25.1. The molecule has 3 amide bonds. The molecule has 0 aliphatic rings. The largest absolute Gasteiger partial charge is 0.508 e. The van der Waals surface area contributed by atoms with Crippen LogP contribution in [0.2, 0.25) is 0 Å². The van der Waals surface area contributed by atoms with Gasteiger partial charge in [0.25, 0.3) is 0 Å². The normalized spacial score (nSPS) is 15.4.